The van der Waals surface area contributed by atoms with Crippen molar-refractivity contribution < 1.29 is 4.74 Å². The Morgan fingerprint density at radius 3 is 2.75 bits per heavy atom. The van der Waals surface area contributed by atoms with Crippen LogP contribution >= 0.6 is 22.9 Å². The van der Waals surface area contributed by atoms with Gasteiger partial charge in [0.25, 0.3) is 0 Å². The van der Waals surface area contributed by atoms with Crippen molar-refractivity contribution in [1.29, 1.82) is 0 Å². The minimum atomic E-state index is 0.517. The summed E-state index contributed by atoms with van der Waals surface area (Å²) >= 11 is 7.50. The minimum absolute atomic E-state index is 0.517. The zero-order valence-electron chi connectivity index (χ0n) is 8.95. The van der Waals surface area contributed by atoms with E-state index in [0.717, 1.165) is 21.2 Å². The number of hydrogen-bond donors (Lipinski definition) is 1. The molecular weight excluding hydrogens is 244 g/mol. The number of aryl methyl sites for hydroxylation is 1. The second kappa shape index (κ2) is 4.31. The van der Waals surface area contributed by atoms with Gasteiger partial charge in [0.05, 0.1) is 17.0 Å². The lowest BCUT2D eigenvalue weighted by atomic mass is 10.1. The maximum atomic E-state index is 5.97. The molecule has 2 rings (SSSR count). The lowest BCUT2D eigenvalue weighted by Crippen LogP contribution is -1.90. The molecule has 5 heteroatoms. The fourth-order valence-electron chi connectivity index (χ4n) is 1.49. The molecule has 0 unspecified atom stereocenters. The summed E-state index contributed by atoms with van der Waals surface area (Å²) in [7, 11) is 1.62. The molecule has 16 heavy (non-hydrogen) atoms. The molecule has 0 aliphatic rings. The van der Waals surface area contributed by atoms with Gasteiger partial charge in [-0.2, -0.15) is 0 Å². The van der Waals surface area contributed by atoms with Crippen molar-refractivity contribution in [3.8, 4) is 16.2 Å². The van der Waals surface area contributed by atoms with E-state index in [-0.39, 0.29) is 0 Å². The molecule has 0 aliphatic carbocycles. The normalized spacial score (nSPS) is 10.4. The molecule has 0 radical (unpaired) electrons. The molecule has 0 fully saturated rings. The first-order valence-electron chi connectivity index (χ1n) is 4.68. The quantitative estimate of drug-likeness (QED) is 0.894. The first-order valence-corrected chi connectivity index (χ1v) is 5.88. The van der Waals surface area contributed by atoms with Crippen molar-refractivity contribution in [2.24, 2.45) is 0 Å². The Balaban J connectivity index is 2.62. The van der Waals surface area contributed by atoms with Gasteiger partial charge in [0.15, 0.2) is 0 Å². The number of aromatic nitrogens is 1. The molecule has 0 saturated heterocycles. The van der Waals surface area contributed by atoms with Crippen molar-refractivity contribution in [3.63, 3.8) is 0 Å². The molecule has 0 spiro atoms. The zero-order valence-corrected chi connectivity index (χ0v) is 10.5. The molecular formula is C11H11ClN2OS. The maximum absolute atomic E-state index is 5.97. The maximum Gasteiger partial charge on any atom is 0.142 e. The smallest absolute Gasteiger partial charge is 0.142 e. The van der Waals surface area contributed by atoms with Crippen molar-refractivity contribution >= 4 is 28.8 Å². The lowest BCUT2D eigenvalue weighted by Gasteiger charge is -2.07. The van der Waals surface area contributed by atoms with Gasteiger partial charge in [-0.05, 0) is 25.1 Å². The lowest BCUT2D eigenvalue weighted by molar-refractivity contribution is 0.416. The SMILES string of the molecule is COc1ccc(Cl)cc1-c1sc(C)nc1N. The van der Waals surface area contributed by atoms with Crippen molar-refractivity contribution in [1.82, 2.24) is 4.98 Å². The van der Waals surface area contributed by atoms with Gasteiger partial charge in [0.2, 0.25) is 0 Å². The van der Waals surface area contributed by atoms with Gasteiger partial charge >= 0.3 is 0 Å². The average molecular weight is 255 g/mol. The van der Waals surface area contributed by atoms with Crippen LogP contribution in [0.25, 0.3) is 10.4 Å². The van der Waals surface area contributed by atoms with Gasteiger partial charge < -0.3 is 10.5 Å². The molecule has 84 valence electrons. The highest BCUT2D eigenvalue weighted by Gasteiger charge is 2.13. The zero-order chi connectivity index (χ0) is 11.7. The molecule has 0 aliphatic heterocycles. The van der Waals surface area contributed by atoms with Crippen LogP contribution in [0.3, 0.4) is 0 Å². The number of methoxy groups -OCH3 is 1. The molecule has 0 saturated carbocycles. The summed E-state index contributed by atoms with van der Waals surface area (Å²) in [5.41, 5.74) is 6.73. The summed E-state index contributed by atoms with van der Waals surface area (Å²) in [6.45, 7) is 1.92. The van der Waals surface area contributed by atoms with E-state index in [9.17, 15) is 0 Å². The fourth-order valence-corrected chi connectivity index (χ4v) is 2.53. The third-order valence-electron chi connectivity index (χ3n) is 2.17. The summed E-state index contributed by atoms with van der Waals surface area (Å²) in [5, 5.41) is 1.58. The third-order valence-corrected chi connectivity index (χ3v) is 3.42. The van der Waals surface area contributed by atoms with E-state index in [4.69, 9.17) is 22.1 Å². The number of ether oxygens (including phenoxy) is 1. The van der Waals surface area contributed by atoms with E-state index in [1.54, 1.807) is 13.2 Å². The van der Waals surface area contributed by atoms with Crippen LogP contribution in [0.4, 0.5) is 5.82 Å². The number of thiazole rings is 1. The molecule has 3 nitrogen and oxygen atoms in total. The fraction of sp³-hybridized carbons (Fsp3) is 0.182. The molecule has 1 aromatic heterocycles. The van der Waals surface area contributed by atoms with E-state index < -0.39 is 0 Å². The second-order valence-electron chi connectivity index (χ2n) is 3.29. The van der Waals surface area contributed by atoms with Gasteiger partial charge in [-0.1, -0.05) is 11.6 Å². The third kappa shape index (κ3) is 1.99. The number of nitrogens with two attached hydrogens (primary N) is 1. The Hall–Kier alpha value is -1.26. The molecule has 0 amide bonds. The van der Waals surface area contributed by atoms with Crippen molar-refractivity contribution in [3.05, 3.63) is 28.2 Å². The van der Waals surface area contributed by atoms with Gasteiger partial charge in [0, 0.05) is 10.6 Å². The summed E-state index contributed by atoms with van der Waals surface area (Å²) < 4.78 is 5.28. The van der Waals surface area contributed by atoms with E-state index in [1.165, 1.54) is 11.3 Å². The minimum Gasteiger partial charge on any atom is -0.496 e. The predicted octanol–water partition coefficient (Wildman–Crippen LogP) is 3.36. The number of halogens is 1. The Morgan fingerprint density at radius 2 is 2.19 bits per heavy atom. The highest BCUT2D eigenvalue weighted by Crippen LogP contribution is 2.39. The van der Waals surface area contributed by atoms with Crippen LogP contribution in [0.15, 0.2) is 18.2 Å². The van der Waals surface area contributed by atoms with Gasteiger partial charge in [-0.15, -0.1) is 11.3 Å². The van der Waals surface area contributed by atoms with E-state index in [1.807, 2.05) is 19.1 Å². The van der Waals surface area contributed by atoms with Crippen molar-refractivity contribution in [2.75, 3.05) is 12.8 Å². The van der Waals surface area contributed by atoms with E-state index in [2.05, 4.69) is 4.98 Å². The largest absolute Gasteiger partial charge is 0.496 e. The van der Waals surface area contributed by atoms with Crippen LogP contribution in [0.5, 0.6) is 5.75 Å². The van der Waals surface area contributed by atoms with Crippen LogP contribution in [-0.4, -0.2) is 12.1 Å². The number of anilines is 1. The highest BCUT2D eigenvalue weighted by molar-refractivity contribution is 7.15. The summed E-state index contributed by atoms with van der Waals surface area (Å²) in [5.74, 6) is 1.27. The second-order valence-corrected chi connectivity index (χ2v) is 4.93. The Morgan fingerprint density at radius 1 is 1.44 bits per heavy atom. The van der Waals surface area contributed by atoms with E-state index >= 15 is 0 Å². The monoisotopic (exact) mass is 254 g/mol. The first-order chi connectivity index (χ1) is 7.61. The van der Waals surface area contributed by atoms with Crippen LogP contribution < -0.4 is 10.5 Å². The van der Waals surface area contributed by atoms with E-state index in [0.29, 0.717) is 10.8 Å². The number of nitrogen functional groups attached to an aromatic ring is 1. The summed E-state index contributed by atoms with van der Waals surface area (Å²) in [6.07, 6.45) is 0. The average Bonchev–Trinajstić information content (AvgIpc) is 2.57. The van der Waals surface area contributed by atoms with Gasteiger partial charge in [-0.3, -0.25) is 0 Å². The predicted molar refractivity (Wildman–Crippen MR) is 68.3 cm³/mol. The highest BCUT2D eigenvalue weighted by atomic mass is 35.5. The topological polar surface area (TPSA) is 48.1 Å². The standard InChI is InChI=1S/C11H11ClN2OS/c1-6-14-11(13)10(16-6)8-5-7(12)3-4-9(8)15-2/h3-5H,13H2,1-2H3. The molecule has 2 aromatic rings. The summed E-state index contributed by atoms with van der Waals surface area (Å²) in [4.78, 5) is 5.09. The van der Waals surface area contributed by atoms with Crippen LogP contribution in [0.2, 0.25) is 5.02 Å². The number of rotatable bonds is 2. The molecule has 2 N–H and O–H groups in total. The Kier molecular flexibility index (Phi) is 3.03. The van der Waals surface area contributed by atoms with Crippen LogP contribution in [-0.2, 0) is 0 Å². The molecule has 0 atom stereocenters. The summed E-state index contributed by atoms with van der Waals surface area (Å²) in [6, 6.07) is 5.45. The first kappa shape index (κ1) is 11.2. The molecule has 0 bridgehead atoms. The number of nitrogens with zero attached hydrogens (tertiary/aromatic N) is 1. The Bertz CT molecular complexity index is 525. The van der Waals surface area contributed by atoms with Crippen molar-refractivity contribution in [2.45, 2.75) is 6.92 Å². The number of benzene rings is 1. The van der Waals surface area contributed by atoms with Gasteiger partial charge in [0.1, 0.15) is 11.6 Å². The Labute approximate surface area is 103 Å². The van der Waals surface area contributed by atoms with Gasteiger partial charge in [-0.25, -0.2) is 4.98 Å². The number of hydrogen-bond acceptors (Lipinski definition) is 4. The molecule has 1 heterocycles. The molecule has 1 aromatic carbocycles. The van der Waals surface area contributed by atoms with Crippen LogP contribution in [0.1, 0.15) is 5.01 Å². The van der Waals surface area contributed by atoms with Crippen LogP contribution in [0, 0.1) is 6.92 Å².